The first-order chi connectivity index (χ1) is 14.1. The molecule has 2 aromatic carbocycles. The van der Waals surface area contributed by atoms with Gasteiger partial charge in [-0.25, -0.2) is 0 Å². The van der Waals surface area contributed by atoms with Crippen molar-refractivity contribution in [1.82, 2.24) is 4.90 Å². The van der Waals surface area contributed by atoms with E-state index in [0.717, 1.165) is 36.9 Å². The molecule has 1 aliphatic carbocycles. The number of carbonyl (C=O) groups excluding carboxylic acids is 1. The maximum atomic E-state index is 13.7. The molecule has 1 saturated carbocycles. The molecule has 0 aliphatic heterocycles. The van der Waals surface area contributed by atoms with Crippen molar-refractivity contribution in [3.05, 3.63) is 84.4 Å². The summed E-state index contributed by atoms with van der Waals surface area (Å²) in [6.07, 6.45) is 6.89. The van der Waals surface area contributed by atoms with Gasteiger partial charge in [0.1, 0.15) is 11.5 Å². The molecule has 3 nitrogen and oxygen atoms in total. The molecule has 0 aromatic heterocycles. The van der Waals surface area contributed by atoms with E-state index >= 15 is 0 Å². The molecule has 0 spiro atoms. The monoisotopic (exact) mass is 391 g/mol. The number of carbonyl (C=O) groups is 1. The summed E-state index contributed by atoms with van der Waals surface area (Å²) in [5.41, 5.74) is 1.47. The Labute approximate surface area is 175 Å². The predicted octanol–water partition coefficient (Wildman–Crippen LogP) is 5.43. The summed E-state index contributed by atoms with van der Waals surface area (Å²) >= 11 is 0. The zero-order chi connectivity index (χ0) is 20.7. The number of hydrogen-bond donors (Lipinski definition) is 0. The lowest BCUT2D eigenvalue weighted by Crippen LogP contribution is -2.49. The van der Waals surface area contributed by atoms with Crippen LogP contribution in [0.1, 0.15) is 49.1 Å². The second kappa shape index (κ2) is 9.89. The molecule has 2 unspecified atom stereocenters. The van der Waals surface area contributed by atoms with E-state index in [1.807, 2.05) is 66.7 Å². The highest BCUT2D eigenvalue weighted by Gasteiger charge is 2.44. The Morgan fingerprint density at radius 1 is 1.10 bits per heavy atom. The van der Waals surface area contributed by atoms with Gasteiger partial charge in [-0.1, -0.05) is 73.2 Å². The topological polar surface area (TPSA) is 29.5 Å². The Hall–Kier alpha value is -2.39. The minimum absolute atomic E-state index is 0.157. The molecule has 0 N–H and O–H groups in total. The van der Waals surface area contributed by atoms with Crippen molar-refractivity contribution >= 4 is 5.97 Å². The number of nitrogens with zero attached hydrogens (tertiary/aromatic N) is 1. The number of hydrogen-bond acceptors (Lipinski definition) is 3. The van der Waals surface area contributed by atoms with E-state index in [1.165, 1.54) is 6.42 Å². The maximum absolute atomic E-state index is 13.7. The van der Waals surface area contributed by atoms with E-state index in [2.05, 4.69) is 25.6 Å². The normalized spacial score (nSPS) is 21.9. The van der Waals surface area contributed by atoms with Crippen LogP contribution in [0, 0.1) is 5.92 Å². The molecule has 0 amide bonds. The molecule has 29 heavy (non-hydrogen) atoms. The standard InChI is InChI=1S/C26H33NO2/c1-4-18-26(19-12-11-17-23(26)20-27(2)3)29-25(28)24(21-13-7-5-8-14-21)22-15-9-6-10-16-22/h4-10,13-16,23-24H,1,11-12,17-20H2,2-3H3. The SMILES string of the molecule is C=CCC1(OC(=O)C(c2ccccc2)c2ccccc2)CCCCC1CN(C)C. The van der Waals surface area contributed by atoms with Gasteiger partial charge in [0.15, 0.2) is 0 Å². The van der Waals surface area contributed by atoms with Crippen molar-refractivity contribution < 1.29 is 9.53 Å². The first kappa shape index (κ1) is 21.3. The molecule has 3 heteroatoms. The van der Waals surface area contributed by atoms with Crippen molar-refractivity contribution in [2.45, 2.75) is 43.6 Å². The maximum Gasteiger partial charge on any atom is 0.318 e. The fourth-order valence-electron chi connectivity index (χ4n) is 4.68. The summed E-state index contributed by atoms with van der Waals surface area (Å²) in [6.45, 7) is 4.90. The third-order valence-corrected chi connectivity index (χ3v) is 6.03. The molecule has 154 valence electrons. The van der Waals surface area contributed by atoms with Crippen LogP contribution in [-0.2, 0) is 9.53 Å². The van der Waals surface area contributed by atoms with E-state index in [0.29, 0.717) is 12.3 Å². The fourth-order valence-corrected chi connectivity index (χ4v) is 4.68. The summed E-state index contributed by atoms with van der Waals surface area (Å²) in [7, 11) is 4.18. The summed E-state index contributed by atoms with van der Waals surface area (Å²) in [6, 6.07) is 19.9. The van der Waals surface area contributed by atoms with Crippen molar-refractivity contribution in [2.24, 2.45) is 5.92 Å². The second-order valence-corrected chi connectivity index (χ2v) is 8.44. The van der Waals surface area contributed by atoms with Crippen LogP contribution in [0.5, 0.6) is 0 Å². The Kier molecular flexibility index (Phi) is 7.27. The molecule has 1 fully saturated rings. The highest BCUT2D eigenvalue weighted by Crippen LogP contribution is 2.42. The molecule has 0 bridgehead atoms. The molecule has 1 aliphatic rings. The van der Waals surface area contributed by atoms with Crippen molar-refractivity contribution in [1.29, 1.82) is 0 Å². The lowest BCUT2D eigenvalue weighted by molar-refractivity contribution is -0.172. The summed E-state index contributed by atoms with van der Waals surface area (Å²) in [5.74, 6) is -0.253. The van der Waals surface area contributed by atoms with Crippen LogP contribution in [0.25, 0.3) is 0 Å². The first-order valence-electron chi connectivity index (χ1n) is 10.6. The lowest BCUT2D eigenvalue weighted by atomic mass is 9.72. The van der Waals surface area contributed by atoms with Crippen molar-refractivity contribution in [2.75, 3.05) is 20.6 Å². The van der Waals surface area contributed by atoms with E-state index in [-0.39, 0.29) is 5.97 Å². The van der Waals surface area contributed by atoms with Crippen LogP contribution >= 0.6 is 0 Å². The van der Waals surface area contributed by atoms with Crippen LogP contribution in [0.4, 0.5) is 0 Å². The van der Waals surface area contributed by atoms with Gasteiger partial charge < -0.3 is 9.64 Å². The zero-order valence-electron chi connectivity index (χ0n) is 17.7. The average Bonchev–Trinajstić information content (AvgIpc) is 2.71. The average molecular weight is 392 g/mol. The van der Waals surface area contributed by atoms with Crippen LogP contribution < -0.4 is 0 Å². The summed E-state index contributed by atoms with van der Waals surface area (Å²) in [4.78, 5) is 15.9. The third-order valence-electron chi connectivity index (χ3n) is 6.03. The first-order valence-corrected chi connectivity index (χ1v) is 10.6. The van der Waals surface area contributed by atoms with E-state index in [1.54, 1.807) is 0 Å². The quantitative estimate of drug-likeness (QED) is 0.444. The van der Waals surface area contributed by atoms with E-state index in [9.17, 15) is 4.79 Å². The molecule has 3 rings (SSSR count). The van der Waals surface area contributed by atoms with Crippen molar-refractivity contribution in [3.63, 3.8) is 0 Å². The Balaban J connectivity index is 1.94. The van der Waals surface area contributed by atoms with Gasteiger partial charge in [0, 0.05) is 18.9 Å². The Morgan fingerprint density at radius 3 is 2.21 bits per heavy atom. The highest BCUT2D eigenvalue weighted by atomic mass is 16.6. The molecule has 0 radical (unpaired) electrons. The molecular weight excluding hydrogens is 358 g/mol. The third kappa shape index (κ3) is 5.16. The smallest absolute Gasteiger partial charge is 0.318 e. The number of rotatable bonds is 8. The minimum Gasteiger partial charge on any atom is -0.458 e. The van der Waals surface area contributed by atoms with Gasteiger partial charge in [-0.15, -0.1) is 6.58 Å². The van der Waals surface area contributed by atoms with Crippen molar-refractivity contribution in [3.8, 4) is 0 Å². The molecule has 2 aromatic rings. The summed E-state index contributed by atoms with van der Waals surface area (Å²) in [5, 5.41) is 0. The lowest BCUT2D eigenvalue weighted by Gasteiger charge is -2.44. The molecule has 0 saturated heterocycles. The highest BCUT2D eigenvalue weighted by molar-refractivity contribution is 5.82. The van der Waals surface area contributed by atoms with Crippen LogP contribution in [0.3, 0.4) is 0 Å². The fraction of sp³-hybridized carbons (Fsp3) is 0.423. The number of esters is 1. The van der Waals surface area contributed by atoms with Gasteiger partial charge in [-0.05, 0) is 44.5 Å². The molecule has 0 heterocycles. The number of ether oxygens (including phenoxy) is 1. The van der Waals surface area contributed by atoms with Gasteiger partial charge in [0.2, 0.25) is 0 Å². The largest absolute Gasteiger partial charge is 0.458 e. The van der Waals surface area contributed by atoms with Gasteiger partial charge in [0.25, 0.3) is 0 Å². The van der Waals surface area contributed by atoms with Crippen LogP contribution in [0.2, 0.25) is 0 Å². The number of benzene rings is 2. The second-order valence-electron chi connectivity index (χ2n) is 8.44. The Morgan fingerprint density at radius 2 is 1.69 bits per heavy atom. The molecule has 2 atom stereocenters. The summed E-state index contributed by atoms with van der Waals surface area (Å²) < 4.78 is 6.47. The van der Waals surface area contributed by atoms with Crippen LogP contribution in [0.15, 0.2) is 73.3 Å². The van der Waals surface area contributed by atoms with Gasteiger partial charge in [0.05, 0.1) is 0 Å². The Bertz CT molecular complexity index is 747. The van der Waals surface area contributed by atoms with E-state index < -0.39 is 11.5 Å². The van der Waals surface area contributed by atoms with Gasteiger partial charge in [-0.3, -0.25) is 4.79 Å². The minimum atomic E-state index is -0.469. The zero-order valence-corrected chi connectivity index (χ0v) is 17.7. The van der Waals surface area contributed by atoms with Gasteiger partial charge >= 0.3 is 5.97 Å². The van der Waals surface area contributed by atoms with Gasteiger partial charge in [-0.2, -0.15) is 0 Å². The molecular formula is C26H33NO2. The predicted molar refractivity (Wildman–Crippen MR) is 119 cm³/mol. The van der Waals surface area contributed by atoms with Crippen LogP contribution in [-0.4, -0.2) is 37.1 Å². The van der Waals surface area contributed by atoms with E-state index in [4.69, 9.17) is 4.74 Å².